The Bertz CT molecular complexity index is 362. The summed E-state index contributed by atoms with van der Waals surface area (Å²) < 4.78 is 0. The van der Waals surface area contributed by atoms with Gasteiger partial charge in [0.05, 0.1) is 11.5 Å². The first-order valence-corrected chi connectivity index (χ1v) is 7.81. The first-order valence-electron chi connectivity index (χ1n) is 7.81. The van der Waals surface area contributed by atoms with Crippen LogP contribution >= 0.6 is 0 Å². The van der Waals surface area contributed by atoms with E-state index in [4.69, 9.17) is 0 Å². The Morgan fingerprint density at radius 2 is 1.61 bits per heavy atom. The molecule has 0 aromatic rings. The summed E-state index contributed by atoms with van der Waals surface area (Å²) >= 11 is 0. The maximum absolute atomic E-state index is 9.28. The SMILES string of the molecule is CN(CC1(C#N)CC1)C1C2CC3CC(C2)CC1C3. The molecule has 5 rings (SSSR count). The molecule has 18 heavy (non-hydrogen) atoms. The highest BCUT2D eigenvalue weighted by atomic mass is 15.2. The van der Waals surface area contributed by atoms with Crippen LogP contribution in [0.2, 0.25) is 0 Å². The molecule has 0 amide bonds. The first kappa shape index (κ1) is 11.3. The van der Waals surface area contributed by atoms with Gasteiger partial charge in [0.15, 0.2) is 0 Å². The second kappa shape index (κ2) is 3.73. The van der Waals surface area contributed by atoms with Gasteiger partial charge >= 0.3 is 0 Å². The van der Waals surface area contributed by atoms with Crippen molar-refractivity contribution in [2.24, 2.45) is 29.1 Å². The van der Waals surface area contributed by atoms with E-state index in [-0.39, 0.29) is 5.41 Å². The zero-order valence-corrected chi connectivity index (χ0v) is 11.4. The van der Waals surface area contributed by atoms with Gasteiger partial charge in [-0.1, -0.05) is 0 Å². The fourth-order valence-electron chi connectivity index (χ4n) is 5.66. The van der Waals surface area contributed by atoms with E-state index in [1.54, 1.807) is 0 Å². The molecule has 0 atom stereocenters. The first-order chi connectivity index (χ1) is 8.69. The Labute approximate surface area is 110 Å². The Morgan fingerprint density at radius 3 is 2.06 bits per heavy atom. The van der Waals surface area contributed by atoms with Crippen molar-refractivity contribution < 1.29 is 0 Å². The third-order valence-corrected chi connectivity index (χ3v) is 6.33. The third-order valence-electron chi connectivity index (χ3n) is 6.33. The van der Waals surface area contributed by atoms with Crippen molar-refractivity contribution in [1.82, 2.24) is 4.90 Å². The molecular formula is C16H24N2. The van der Waals surface area contributed by atoms with E-state index < -0.39 is 0 Å². The molecule has 0 spiro atoms. The van der Waals surface area contributed by atoms with E-state index in [0.29, 0.717) is 0 Å². The van der Waals surface area contributed by atoms with Crippen LogP contribution in [0.25, 0.3) is 0 Å². The van der Waals surface area contributed by atoms with E-state index in [1.807, 2.05) is 0 Å². The number of hydrogen-bond donors (Lipinski definition) is 0. The van der Waals surface area contributed by atoms with Crippen LogP contribution in [0.1, 0.15) is 44.9 Å². The van der Waals surface area contributed by atoms with Gasteiger partial charge in [0.2, 0.25) is 0 Å². The normalized spacial score (nSPS) is 47.3. The number of nitrogens with zero attached hydrogens (tertiary/aromatic N) is 2. The van der Waals surface area contributed by atoms with Gasteiger partial charge in [-0.3, -0.25) is 0 Å². The highest BCUT2D eigenvalue weighted by Crippen LogP contribution is 2.56. The lowest BCUT2D eigenvalue weighted by Crippen LogP contribution is -2.55. The predicted molar refractivity (Wildman–Crippen MR) is 70.7 cm³/mol. The molecule has 0 unspecified atom stereocenters. The van der Waals surface area contributed by atoms with Crippen molar-refractivity contribution >= 4 is 0 Å². The molecule has 0 aliphatic heterocycles. The van der Waals surface area contributed by atoms with Crippen LogP contribution in [0.5, 0.6) is 0 Å². The quantitative estimate of drug-likeness (QED) is 0.763. The molecule has 2 nitrogen and oxygen atoms in total. The summed E-state index contributed by atoms with van der Waals surface area (Å²) in [6.07, 6.45) is 9.76. The Morgan fingerprint density at radius 1 is 1.06 bits per heavy atom. The van der Waals surface area contributed by atoms with E-state index in [2.05, 4.69) is 18.0 Å². The molecule has 5 saturated carbocycles. The molecule has 0 radical (unpaired) electrons. The maximum Gasteiger partial charge on any atom is 0.0703 e. The average molecular weight is 244 g/mol. The van der Waals surface area contributed by atoms with Crippen molar-refractivity contribution in [1.29, 1.82) is 5.26 Å². The second-order valence-electron chi connectivity index (χ2n) is 7.73. The Balaban J connectivity index is 1.49. The standard InChI is InChI=1S/C16H24N2/c1-18(10-16(9-17)2-3-16)15-13-5-11-4-12(7-13)8-14(15)6-11/h11-15H,2-8,10H2,1H3. The van der Waals surface area contributed by atoms with Crippen molar-refractivity contribution in [3.05, 3.63) is 0 Å². The summed E-state index contributed by atoms with van der Waals surface area (Å²) in [5, 5.41) is 9.28. The van der Waals surface area contributed by atoms with Crippen molar-refractivity contribution in [3.63, 3.8) is 0 Å². The van der Waals surface area contributed by atoms with Crippen LogP contribution in [0, 0.1) is 40.4 Å². The van der Waals surface area contributed by atoms with Crippen LogP contribution in [0.3, 0.4) is 0 Å². The van der Waals surface area contributed by atoms with Crippen LogP contribution < -0.4 is 0 Å². The largest absolute Gasteiger partial charge is 0.301 e. The van der Waals surface area contributed by atoms with Gasteiger partial charge < -0.3 is 4.90 Å². The van der Waals surface area contributed by atoms with Crippen molar-refractivity contribution in [3.8, 4) is 6.07 Å². The van der Waals surface area contributed by atoms with Gasteiger partial charge in [0.1, 0.15) is 0 Å². The van der Waals surface area contributed by atoms with Crippen LogP contribution in [-0.4, -0.2) is 24.5 Å². The zero-order valence-electron chi connectivity index (χ0n) is 11.4. The lowest BCUT2D eigenvalue weighted by atomic mass is 9.54. The number of rotatable bonds is 3. The third kappa shape index (κ3) is 1.63. The van der Waals surface area contributed by atoms with Crippen molar-refractivity contribution in [2.45, 2.75) is 51.0 Å². The summed E-state index contributed by atoms with van der Waals surface area (Å²) in [4.78, 5) is 2.59. The highest BCUT2D eigenvalue weighted by molar-refractivity contribution is 5.12. The molecule has 0 saturated heterocycles. The van der Waals surface area contributed by atoms with Gasteiger partial charge in [0.25, 0.3) is 0 Å². The van der Waals surface area contributed by atoms with Gasteiger partial charge in [-0.2, -0.15) is 5.26 Å². The molecule has 98 valence electrons. The molecule has 2 heteroatoms. The van der Waals surface area contributed by atoms with Crippen molar-refractivity contribution in [2.75, 3.05) is 13.6 Å². The summed E-state index contributed by atoms with van der Waals surface area (Å²) in [5.41, 5.74) is 0.0451. The molecule has 0 aromatic heterocycles. The molecule has 5 fully saturated rings. The Kier molecular flexibility index (Phi) is 2.34. The summed E-state index contributed by atoms with van der Waals surface area (Å²) in [6, 6.07) is 3.37. The highest BCUT2D eigenvalue weighted by Gasteiger charge is 2.52. The van der Waals surface area contributed by atoms with Gasteiger partial charge in [-0.05, 0) is 75.7 Å². The van der Waals surface area contributed by atoms with Gasteiger partial charge in [-0.25, -0.2) is 0 Å². The minimum Gasteiger partial charge on any atom is -0.301 e. The molecule has 0 aromatic carbocycles. The lowest BCUT2D eigenvalue weighted by Gasteiger charge is -2.57. The van der Waals surface area contributed by atoms with Crippen LogP contribution in [0.15, 0.2) is 0 Å². The fourth-order valence-corrected chi connectivity index (χ4v) is 5.66. The summed E-state index contributed by atoms with van der Waals surface area (Å²) in [5.74, 6) is 4.03. The molecule has 5 aliphatic carbocycles. The van der Waals surface area contributed by atoms with Gasteiger partial charge in [-0.15, -0.1) is 0 Å². The van der Waals surface area contributed by atoms with Gasteiger partial charge in [0, 0.05) is 12.6 Å². The maximum atomic E-state index is 9.28. The molecule has 0 heterocycles. The topological polar surface area (TPSA) is 27.0 Å². The molecular weight excluding hydrogens is 220 g/mol. The lowest BCUT2D eigenvalue weighted by molar-refractivity contribution is -0.0602. The minimum absolute atomic E-state index is 0.0451. The van der Waals surface area contributed by atoms with Crippen LogP contribution in [0.4, 0.5) is 0 Å². The fraction of sp³-hybridized carbons (Fsp3) is 0.938. The molecule has 0 N–H and O–H groups in total. The van der Waals surface area contributed by atoms with E-state index in [9.17, 15) is 5.26 Å². The summed E-state index contributed by atoms with van der Waals surface area (Å²) in [7, 11) is 2.30. The zero-order chi connectivity index (χ0) is 12.3. The second-order valence-corrected chi connectivity index (χ2v) is 7.73. The smallest absolute Gasteiger partial charge is 0.0703 e. The Hall–Kier alpha value is -0.550. The number of nitriles is 1. The number of hydrogen-bond acceptors (Lipinski definition) is 2. The predicted octanol–water partition coefficient (Wildman–Crippen LogP) is 3.05. The van der Waals surface area contributed by atoms with E-state index >= 15 is 0 Å². The monoisotopic (exact) mass is 244 g/mol. The van der Waals surface area contributed by atoms with E-state index in [0.717, 1.165) is 49.1 Å². The van der Waals surface area contributed by atoms with Crippen LogP contribution in [-0.2, 0) is 0 Å². The summed E-state index contributed by atoms with van der Waals surface area (Å²) in [6.45, 7) is 1.04. The molecule has 4 bridgehead atoms. The molecule has 5 aliphatic rings. The average Bonchev–Trinajstić information content (AvgIpc) is 3.08. The van der Waals surface area contributed by atoms with E-state index in [1.165, 1.54) is 32.1 Å². The minimum atomic E-state index is 0.0451.